The summed E-state index contributed by atoms with van der Waals surface area (Å²) in [5.74, 6) is -0.160. The summed E-state index contributed by atoms with van der Waals surface area (Å²) in [6.07, 6.45) is 0.102. The molecule has 3 N–H and O–H groups in total. The van der Waals surface area contributed by atoms with Gasteiger partial charge in [-0.15, -0.1) is 34.8 Å². The first-order chi connectivity index (χ1) is 7.64. The molecule has 6 nitrogen and oxygen atoms in total. The zero-order valence-electron chi connectivity index (χ0n) is 8.63. The molecule has 1 unspecified atom stereocenters. The highest BCUT2D eigenvalue weighted by molar-refractivity contribution is 8.26. The summed E-state index contributed by atoms with van der Waals surface area (Å²) in [6.45, 7) is 0. The molecule has 0 spiro atoms. The molecule has 0 aliphatic heterocycles. The molecule has 0 bridgehead atoms. The van der Waals surface area contributed by atoms with E-state index < -0.39 is 20.2 Å². The molecular weight excluding hydrogens is 336 g/mol. The highest BCUT2D eigenvalue weighted by atomic mass is 35.5. The molecule has 0 saturated carbocycles. The molecule has 0 fully saturated rings. The summed E-state index contributed by atoms with van der Waals surface area (Å²) in [7, 11) is -10.4. The van der Waals surface area contributed by atoms with Gasteiger partial charge >= 0.3 is 14.6 Å². The van der Waals surface area contributed by atoms with Crippen molar-refractivity contribution in [2.75, 3.05) is 17.6 Å². The van der Waals surface area contributed by atoms with E-state index in [-0.39, 0.29) is 30.5 Å². The summed E-state index contributed by atoms with van der Waals surface area (Å²) in [5, 5.41) is 0. The second-order valence-corrected chi connectivity index (χ2v) is 9.58. The van der Waals surface area contributed by atoms with Crippen molar-refractivity contribution in [3.05, 3.63) is 0 Å². The van der Waals surface area contributed by atoms with E-state index in [1.54, 1.807) is 0 Å². The van der Waals surface area contributed by atoms with Crippen LogP contribution in [0.4, 0.5) is 0 Å². The topological polar surface area (TPSA) is 104 Å². The maximum absolute atomic E-state index is 11.4. The van der Waals surface area contributed by atoms with Crippen molar-refractivity contribution in [3.8, 4) is 0 Å². The van der Waals surface area contributed by atoms with Crippen LogP contribution in [0.2, 0.25) is 0 Å². The lowest BCUT2D eigenvalue weighted by Gasteiger charge is -2.32. The van der Waals surface area contributed by atoms with Gasteiger partial charge in [-0.3, -0.25) is 4.52 Å². The number of alkyl halides is 3. The van der Waals surface area contributed by atoms with E-state index in [2.05, 4.69) is 4.52 Å². The summed E-state index contributed by atoms with van der Waals surface area (Å²) >= 11 is 16.6. The van der Waals surface area contributed by atoms with Gasteiger partial charge in [0, 0.05) is 11.8 Å². The largest absolute Gasteiger partial charge is 0.438 e. The maximum Gasteiger partial charge on any atom is 0.438 e. The van der Waals surface area contributed by atoms with Crippen molar-refractivity contribution >= 4 is 49.4 Å². The average molecular weight is 349 g/mol. The lowest BCUT2D eigenvalue weighted by atomic mass is 10.0. The Labute approximate surface area is 114 Å². The fraction of sp³-hybridized carbons (Fsp3) is 1.00. The Balaban J connectivity index is 5.10. The first-order valence-corrected chi connectivity index (χ1v) is 9.91. The zero-order chi connectivity index (χ0) is 13.7. The van der Waals surface area contributed by atoms with Crippen LogP contribution < -0.4 is 0 Å². The Kier molecular flexibility index (Phi) is 7.57. The third kappa shape index (κ3) is 5.35. The smallest absolute Gasteiger partial charge is 0.316 e. The predicted octanol–water partition coefficient (Wildman–Crippen LogP) is 2.52. The molecule has 0 aliphatic carbocycles. The zero-order valence-corrected chi connectivity index (χ0v) is 12.7. The molecule has 0 aromatic heterocycles. The maximum atomic E-state index is 11.4. The van der Waals surface area contributed by atoms with Gasteiger partial charge in [-0.2, -0.15) is 0 Å². The van der Waals surface area contributed by atoms with Crippen LogP contribution in [0.25, 0.3) is 0 Å². The van der Waals surface area contributed by atoms with Crippen LogP contribution in [0.1, 0.15) is 12.8 Å². The van der Waals surface area contributed by atoms with E-state index in [1.165, 1.54) is 0 Å². The Bertz CT molecular complexity index is 326. The molecule has 0 radical (unpaired) electrons. The summed E-state index contributed by atoms with van der Waals surface area (Å²) in [5.41, 5.74) is -1.42. The van der Waals surface area contributed by atoms with E-state index in [9.17, 15) is 14.0 Å². The minimum atomic E-state index is -5.28. The number of rotatable bonds is 8. The highest BCUT2D eigenvalue weighted by Gasteiger charge is 2.48. The first kappa shape index (κ1) is 18.2. The van der Waals surface area contributed by atoms with Crippen LogP contribution in [0.3, 0.4) is 0 Å². The predicted molar refractivity (Wildman–Crippen MR) is 67.1 cm³/mol. The standard InChI is InChI=1S/C6H13Cl3O6P2/c7-3-1-6(5-9,2-4-8)15-17(13,14)16(10,11)12/h1-5H2,(H,13,14)(H2,10,11,12). The van der Waals surface area contributed by atoms with Gasteiger partial charge in [0.2, 0.25) is 0 Å². The van der Waals surface area contributed by atoms with E-state index in [1.807, 2.05) is 0 Å². The van der Waals surface area contributed by atoms with Crippen molar-refractivity contribution in [1.29, 1.82) is 0 Å². The van der Waals surface area contributed by atoms with Gasteiger partial charge in [-0.25, -0.2) is 9.13 Å². The van der Waals surface area contributed by atoms with Gasteiger partial charge in [0.25, 0.3) is 0 Å². The van der Waals surface area contributed by atoms with Crippen LogP contribution in [-0.4, -0.2) is 37.9 Å². The van der Waals surface area contributed by atoms with Crippen molar-refractivity contribution in [2.24, 2.45) is 0 Å². The number of hydrogen-bond acceptors (Lipinski definition) is 3. The molecular formula is C6H13Cl3O6P2. The molecule has 0 aromatic carbocycles. The van der Waals surface area contributed by atoms with E-state index in [0.29, 0.717) is 0 Å². The summed E-state index contributed by atoms with van der Waals surface area (Å²) in [6, 6.07) is 0. The van der Waals surface area contributed by atoms with Crippen LogP contribution in [-0.2, 0) is 13.7 Å². The molecule has 11 heteroatoms. The SMILES string of the molecule is O=P(O)(O)P(=O)(O)OC(CCl)(CCCl)CCCl. The van der Waals surface area contributed by atoms with Gasteiger partial charge in [-0.1, -0.05) is 0 Å². The molecule has 17 heavy (non-hydrogen) atoms. The minimum absolute atomic E-state index is 0.0464. The van der Waals surface area contributed by atoms with Crippen molar-refractivity contribution in [1.82, 2.24) is 0 Å². The Morgan fingerprint density at radius 1 is 1.00 bits per heavy atom. The Morgan fingerprint density at radius 3 is 1.65 bits per heavy atom. The van der Waals surface area contributed by atoms with E-state index >= 15 is 0 Å². The van der Waals surface area contributed by atoms with Crippen LogP contribution in [0.15, 0.2) is 0 Å². The molecule has 0 amide bonds. The first-order valence-electron chi connectivity index (χ1n) is 4.41. The fourth-order valence-electron chi connectivity index (χ4n) is 1.02. The highest BCUT2D eigenvalue weighted by Crippen LogP contribution is 2.76. The normalized spacial score (nSPS) is 16.8. The van der Waals surface area contributed by atoms with Crippen LogP contribution in [0.5, 0.6) is 0 Å². The van der Waals surface area contributed by atoms with E-state index in [0.717, 1.165) is 0 Å². The molecule has 1 atom stereocenters. The van der Waals surface area contributed by atoms with Gasteiger partial charge in [0.15, 0.2) is 0 Å². The van der Waals surface area contributed by atoms with Gasteiger partial charge in [-0.05, 0) is 12.8 Å². The minimum Gasteiger partial charge on any atom is -0.316 e. The second-order valence-electron chi connectivity index (χ2n) is 3.29. The molecule has 104 valence electrons. The summed E-state index contributed by atoms with van der Waals surface area (Å²) in [4.78, 5) is 26.6. The fourth-order valence-corrected chi connectivity index (χ4v) is 3.81. The lowest BCUT2D eigenvalue weighted by molar-refractivity contribution is 0.0745. The molecule has 0 aromatic rings. The third-order valence-corrected chi connectivity index (χ3v) is 6.35. The third-order valence-electron chi connectivity index (χ3n) is 1.99. The molecule has 0 saturated heterocycles. The van der Waals surface area contributed by atoms with Crippen molar-refractivity contribution in [2.45, 2.75) is 18.4 Å². The van der Waals surface area contributed by atoms with Crippen LogP contribution in [0, 0.1) is 0 Å². The van der Waals surface area contributed by atoms with E-state index in [4.69, 9.17) is 44.6 Å². The lowest BCUT2D eigenvalue weighted by Crippen LogP contribution is -2.35. The van der Waals surface area contributed by atoms with Crippen molar-refractivity contribution in [3.63, 3.8) is 0 Å². The number of hydrogen-bond donors (Lipinski definition) is 3. The summed E-state index contributed by atoms with van der Waals surface area (Å²) < 4.78 is 26.9. The quantitative estimate of drug-likeness (QED) is 0.459. The molecule has 0 heterocycles. The number of halogens is 3. The molecule has 0 aliphatic rings. The second kappa shape index (κ2) is 7.09. The average Bonchev–Trinajstić information content (AvgIpc) is 2.16. The molecule has 0 rings (SSSR count). The Hall–Kier alpha value is 1.17. The monoisotopic (exact) mass is 348 g/mol. The van der Waals surface area contributed by atoms with Gasteiger partial charge in [0.05, 0.1) is 11.5 Å². The Morgan fingerprint density at radius 2 is 1.41 bits per heavy atom. The van der Waals surface area contributed by atoms with Gasteiger partial charge < -0.3 is 14.7 Å². The van der Waals surface area contributed by atoms with Gasteiger partial charge in [0.1, 0.15) is 0 Å². The van der Waals surface area contributed by atoms with Crippen LogP contribution >= 0.6 is 49.4 Å². The van der Waals surface area contributed by atoms with Crippen molar-refractivity contribution < 1.29 is 28.3 Å².